The molecule has 20 heavy (non-hydrogen) atoms. The number of hydrogen-bond acceptors (Lipinski definition) is 3. The monoisotopic (exact) mass is 408 g/mol. The summed E-state index contributed by atoms with van der Waals surface area (Å²) in [5, 5.41) is 0. The third kappa shape index (κ3) is 3.11. The fourth-order valence-electron chi connectivity index (χ4n) is 4.48. The maximum absolute atomic E-state index is 6.17. The van der Waals surface area contributed by atoms with Crippen LogP contribution in [0.2, 0.25) is 0 Å². The number of halogens is 1. The van der Waals surface area contributed by atoms with Gasteiger partial charge in [-0.2, -0.15) is 0 Å². The van der Waals surface area contributed by atoms with Gasteiger partial charge in [-0.05, 0) is 85.5 Å². The zero-order valence-electron chi connectivity index (χ0n) is 12.8. The summed E-state index contributed by atoms with van der Waals surface area (Å²) in [6, 6.07) is 0. The molecule has 1 saturated carbocycles. The number of rotatable bonds is 3. The zero-order valence-corrected chi connectivity index (χ0v) is 16.0. The molecule has 116 valence electrons. The maximum atomic E-state index is 6.17. The van der Waals surface area contributed by atoms with Gasteiger partial charge in [-0.25, -0.2) is 0 Å². The molecule has 3 aliphatic rings. The SMILES string of the molecule is CO[Si](I)(N1CCCCC1)N1CCC2CCCCC2C1. The van der Waals surface area contributed by atoms with Crippen LogP contribution in [0.1, 0.15) is 51.4 Å². The zero-order chi connectivity index (χ0) is 14.0. The molecule has 0 N–H and O–H groups in total. The van der Waals surface area contributed by atoms with Crippen molar-refractivity contribution in [2.24, 2.45) is 11.8 Å². The lowest BCUT2D eigenvalue weighted by molar-refractivity contribution is 0.103. The maximum Gasteiger partial charge on any atom is 0.427 e. The third-order valence-electron chi connectivity index (χ3n) is 5.69. The molecule has 2 aliphatic heterocycles. The van der Waals surface area contributed by atoms with E-state index < -0.39 is 6.14 Å². The second-order valence-corrected chi connectivity index (χ2v) is 13.8. The number of hydrogen-bond donors (Lipinski definition) is 0. The normalized spacial score (nSPS) is 36.3. The smallest absolute Gasteiger partial charge is 0.388 e. The van der Waals surface area contributed by atoms with Gasteiger partial charge in [-0.15, -0.1) is 0 Å². The Balaban J connectivity index is 1.68. The van der Waals surface area contributed by atoms with Crippen molar-refractivity contribution in [2.45, 2.75) is 51.4 Å². The van der Waals surface area contributed by atoms with Crippen molar-refractivity contribution in [3.8, 4) is 0 Å². The topological polar surface area (TPSA) is 15.7 Å². The lowest BCUT2D eigenvalue weighted by Crippen LogP contribution is -2.66. The summed E-state index contributed by atoms with van der Waals surface area (Å²) in [5.41, 5.74) is 0. The number of piperidine rings is 2. The Morgan fingerprint density at radius 2 is 1.55 bits per heavy atom. The Labute approximate surface area is 137 Å². The van der Waals surface area contributed by atoms with Crippen molar-refractivity contribution in [1.29, 1.82) is 0 Å². The van der Waals surface area contributed by atoms with Crippen LogP contribution in [0, 0.1) is 11.8 Å². The third-order valence-corrected chi connectivity index (χ3v) is 14.0. The van der Waals surface area contributed by atoms with Gasteiger partial charge in [-0.1, -0.05) is 25.7 Å². The summed E-state index contributed by atoms with van der Waals surface area (Å²) in [4.78, 5) is 0. The van der Waals surface area contributed by atoms with Crippen LogP contribution in [-0.2, 0) is 4.43 Å². The molecule has 0 bridgehead atoms. The molecular weight excluding hydrogens is 379 g/mol. The van der Waals surface area contributed by atoms with Gasteiger partial charge in [0.05, 0.1) is 0 Å². The minimum Gasteiger partial charge on any atom is -0.388 e. The van der Waals surface area contributed by atoms with E-state index in [0.717, 1.165) is 11.8 Å². The molecule has 0 amide bonds. The van der Waals surface area contributed by atoms with Gasteiger partial charge in [-0.3, -0.25) is 9.13 Å². The van der Waals surface area contributed by atoms with Gasteiger partial charge in [0.25, 0.3) is 0 Å². The molecule has 0 aromatic rings. The molecule has 3 rings (SSSR count). The highest BCUT2D eigenvalue weighted by Gasteiger charge is 2.48. The van der Waals surface area contributed by atoms with Gasteiger partial charge in [0, 0.05) is 7.11 Å². The molecule has 0 aromatic heterocycles. The molecule has 5 heteroatoms. The summed E-state index contributed by atoms with van der Waals surface area (Å²) in [6.45, 7) is 5.10. The first-order chi connectivity index (χ1) is 9.74. The molecule has 0 spiro atoms. The van der Waals surface area contributed by atoms with Crippen LogP contribution < -0.4 is 0 Å². The van der Waals surface area contributed by atoms with Gasteiger partial charge in [0.15, 0.2) is 0 Å². The summed E-state index contributed by atoms with van der Waals surface area (Å²) < 4.78 is 11.7. The first-order valence-corrected chi connectivity index (χ1v) is 13.4. The van der Waals surface area contributed by atoms with Crippen LogP contribution in [0.15, 0.2) is 0 Å². The Morgan fingerprint density at radius 3 is 2.25 bits per heavy atom. The van der Waals surface area contributed by atoms with E-state index in [1.54, 1.807) is 0 Å². The number of nitrogens with zero attached hydrogens (tertiary/aromatic N) is 2. The van der Waals surface area contributed by atoms with Crippen molar-refractivity contribution in [2.75, 3.05) is 33.3 Å². The molecule has 1 aliphatic carbocycles. The molecular formula is C15H29IN2OSi. The average molecular weight is 408 g/mol. The van der Waals surface area contributed by atoms with Crippen LogP contribution in [0.25, 0.3) is 0 Å². The van der Waals surface area contributed by atoms with Gasteiger partial charge in [0.1, 0.15) is 0 Å². The van der Waals surface area contributed by atoms with E-state index in [1.807, 2.05) is 7.11 Å². The largest absolute Gasteiger partial charge is 0.427 e. The van der Waals surface area contributed by atoms with Gasteiger partial charge >= 0.3 is 6.14 Å². The molecule has 0 aromatic carbocycles. The van der Waals surface area contributed by atoms with Crippen molar-refractivity contribution in [3.63, 3.8) is 0 Å². The van der Waals surface area contributed by atoms with E-state index in [1.165, 1.54) is 77.5 Å². The van der Waals surface area contributed by atoms with Crippen LogP contribution in [-0.4, -0.2) is 48.6 Å². The highest BCUT2D eigenvalue weighted by molar-refractivity contribution is 14.1. The molecule has 3 unspecified atom stereocenters. The Hall–Kier alpha value is 0.827. The molecule has 2 saturated heterocycles. The van der Waals surface area contributed by atoms with Gasteiger partial charge in [0.2, 0.25) is 0 Å². The molecule has 2 heterocycles. The average Bonchev–Trinajstić information content (AvgIpc) is 2.54. The molecule has 3 fully saturated rings. The summed E-state index contributed by atoms with van der Waals surface area (Å²) >= 11 is 2.71. The van der Waals surface area contributed by atoms with E-state index in [9.17, 15) is 0 Å². The molecule has 3 nitrogen and oxygen atoms in total. The van der Waals surface area contributed by atoms with Crippen molar-refractivity contribution in [3.05, 3.63) is 0 Å². The minimum atomic E-state index is -1.86. The van der Waals surface area contributed by atoms with Crippen molar-refractivity contribution < 1.29 is 4.43 Å². The first kappa shape index (κ1) is 15.7. The standard InChI is InChI=1S/C15H29IN2OSi/c1-19-20(16,17-10-5-2-6-11-17)18-12-9-14-7-3-4-8-15(14)13-18/h14-15H,2-13H2,1H3. The van der Waals surface area contributed by atoms with E-state index in [4.69, 9.17) is 4.43 Å². The van der Waals surface area contributed by atoms with E-state index in [0.29, 0.717) is 0 Å². The molecule has 3 atom stereocenters. The summed E-state index contributed by atoms with van der Waals surface area (Å²) in [7, 11) is 1.96. The summed E-state index contributed by atoms with van der Waals surface area (Å²) in [5.74, 6) is 1.98. The van der Waals surface area contributed by atoms with E-state index in [-0.39, 0.29) is 0 Å². The quantitative estimate of drug-likeness (QED) is 0.404. The highest BCUT2D eigenvalue weighted by Crippen LogP contribution is 2.39. The van der Waals surface area contributed by atoms with Crippen LogP contribution in [0.5, 0.6) is 0 Å². The fourth-order valence-corrected chi connectivity index (χ4v) is 9.89. The lowest BCUT2D eigenvalue weighted by Gasteiger charge is -2.50. The first-order valence-electron chi connectivity index (χ1n) is 8.48. The van der Waals surface area contributed by atoms with Gasteiger partial charge < -0.3 is 4.43 Å². The Morgan fingerprint density at radius 1 is 0.850 bits per heavy atom. The summed E-state index contributed by atoms with van der Waals surface area (Å²) in [6.07, 6.45) is 9.58. The number of fused-ring (bicyclic) bond motifs is 1. The van der Waals surface area contributed by atoms with Crippen LogP contribution in [0.3, 0.4) is 0 Å². The minimum absolute atomic E-state index is 0.957. The highest BCUT2D eigenvalue weighted by atomic mass is 127. The van der Waals surface area contributed by atoms with Crippen molar-refractivity contribution >= 4 is 27.9 Å². The Kier molecular flexibility index (Phi) is 5.45. The predicted molar refractivity (Wildman–Crippen MR) is 93.8 cm³/mol. The van der Waals surface area contributed by atoms with E-state index >= 15 is 0 Å². The second kappa shape index (κ2) is 6.94. The molecule has 0 radical (unpaired) electrons. The van der Waals surface area contributed by atoms with E-state index in [2.05, 4.69) is 30.9 Å². The second-order valence-electron chi connectivity index (χ2n) is 6.82. The Bertz CT molecular complexity index is 327. The van der Waals surface area contributed by atoms with Crippen molar-refractivity contribution in [1.82, 2.24) is 9.13 Å². The van der Waals surface area contributed by atoms with Crippen LogP contribution in [0.4, 0.5) is 0 Å². The van der Waals surface area contributed by atoms with Crippen LogP contribution >= 0.6 is 21.8 Å². The lowest BCUT2D eigenvalue weighted by atomic mass is 9.76. The fraction of sp³-hybridized carbons (Fsp3) is 1.00. The predicted octanol–water partition coefficient (Wildman–Crippen LogP) is 3.50.